The SMILES string of the molecule is CCCc1nc(-c2ccc(F)c(Cl)c2)nc(N)c1Br. The molecular formula is C13H12BrClFN3. The van der Waals surface area contributed by atoms with Crippen LogP contribution in [0, 0.1) is 5.82 Å². The first-order valence-electron chi connectivity index (χ1n) is 5.80. The lowest BCUT2D eigenvalue weighted by Gasteiger charge is -2.08. The number of nitrogens with two attached hydrogens (primary N) is 1. The van der Waals surface area contributed by atoms with Crippen LogP contribution < -0.4 is 5.73 Å². The molecule has 0 saturated heterocycles. The molecule has 0 bridgehead atoms. The Morgan fingerprint density at radius 1 is 1.37 bits per heavy atom. The van der Waals surface area contributed by atoms with E-state index in [4.69, 9.17) is 17.3 Å². The second-order valence-corrected chi connectivity index (χ2v) is 5.27. The Labute approximate surface area is 124 Å². The summed E-state index contributed by atoms with van der Waals surface area (Å²) in [7, 11) is 0. The van der Waals surface area contributed by atoms with Crippen molar-refractivity contribution in [3.8, 4) is 11.4 Å². The number of anilines is 1. The van der Waals surface area contributed by atoms with Crippen LogP contribution in [0.15, 0.2) is 22.7 Å². The summed E-state index contributed by atoms with van der Waals surface area (Å²) in [4.78, 5) is 8.64. The smallest absolute Gasteiger partial charge is 0.161 e. The van der Waals surface area contributed by atoms with Crippen LogP contribution in [0.4, 0.5) is 10.2 Å². The van der Waals surface area contributed by atoms with Crippen LogP contribution in [0.5, 0.6) is 0 Å². The van der Waals surface area contributed by atoms with E-state index in [1.807, 2.05) is 0 Å². The first-order valence-corrected chi connectivity index (χ1v) is 6.97. The normalized spacial score (nSPS) is 10.7. The third-order valence-electron chi connectivity index (χ3n) is 2.61. The first kappa shape index (κ1) is 14.2. The van der Waals surface area contributed by atoms with Gasteiger partial charge in [-0.2, -0.15) is 0 Å². The van der Waals surface area contributed by atoms with Crippen molar-refractivity contribution < 1.29 is 4.39 Å². The van der Waals surface area contributed by atoms with Gasteiger partial charge in [0.15, 0.2) is 5.82 Å². The molecule has 0 amide bonds. The number of aromatic nitrogens is 2. The van der Waals surface area contributed by atoms with Gasteiger partial charge in [-0.1, -0.05) is 24.9 Å². The molecule has 0 aliphatic carbocycles. The Morgan fingerprint density at radius 3 is 2.74 bits per heavy atom. The maximum absolute atomic E-state index is 13.2. The molecule has 0 radical (unpaired) electrons. The molecule has 19 heavy (non-hydrogen) atoms. The van der Waals surface area contributed by atoms with E-state index in [0.29, 0.717) is 21.7 Å². The molecule has 0 atom stereocenters. The van der Waals surface area contributed by atoms with E-state index in [-0.39, 0.29) is 5.02 Å². The third kappa shape index (κ3) is 3.04. The Hall–Kier alpha value is -1.20. The van der Waals surface area contributed by atoms with Gasteiger partial charge in [0.2, 0.25) is 0 Å². The Morgan fingerprint density at radius 2 is 2.11 bits per heavy atom. The minimum Gasteiger partial charge on any atom is -0.383 e. The number of aryl methyl sites for hydroxylation is 1. The molecule has 2 rings (SSSR count). The zero-order chi connectivity index (χ0) is 14.0. The van der Waals surface area contributed by atoms with E-state index in [0.717, 1.165) is 18.5 Å². The maximum Gasteiger partial charge on any atom is 0.161 e. The molecule has 1 aromatic heterocycles. The highest BCUT2D eigenvalue weighted by molar-refractivity contribution is 9.10. The van der Waals surface area contributed by atoms with Gasteiger partial charge in [0.25, 0.3) is 0 Å². The predicted octanol–water partition coefficient (Wildman–Crippen LogP) is 4.23. The number of hydrogen-bond donors (Lipinski definition) is 1. The summed E-state index contributed by atoms with van der Waals surface area (Å²) in [6.45, 7) is 2.05. The van der Waals surface area contributed by atoms with Gasteiger partial charge in [-0.15, -0.1) is 0 Å². The number of hydrogen-bond acceptors (Lipinski definition) is 3. The van der Waals surface area contributed by atoms with Gasteiger partial charge in [-0.3, -0.25) is 0 Å². The second kappa shape index (κ2) is 5.84. The molecule has 100 valence electrons. The fourth-order valence-corrected chi connectivity index (χ4v) is 2.24. The van der Waals surface area contributed by atoms with Crippen LogP contribution in [-0.4, -0.2) is 9.97 Å². The van der Waals surface area contributed by atoms with Crippen LogP contribution in [0.1, 0.15) is 19.0 Å². The molecule has 0 unspecified atom stereocenters. The fraction of sp³-hybridized carbons (Fsp3) is 0.231. The standard InChI is InChI=1S/C13H12BrClFN3/c1-2-3-10-11(14)12(17)19-13(18-10)7-4-5-9(16)8(15)6-7/h4-6H,2-3H2,1H3,(H2,17,18,19). The molecular weight excluding hydrogens is 333 g/mol. The van der Waals surface area contributed by atoms with Gasteiger partial charge in [0, 0.05) is 5.56 Å². The third-order valence-corrected chi connectivity index (χ3v) is 3.76. The molecule has 0 aliphatic heterocycles. The van der Waals surface area contributed by atoms with Gasteiger partial charge in [-0.25, -0.2) is 14.4 Å². The lowest BCUT2D eigenvalue weighted by Crippen LogP contribution is -2.03. The number of halogens is 3. The zero-order valence-corrected chi connectivity index (χ0v) is 12.6. The van der Waals surface area contributed by atoms with Gasteiger partial charge in [0.05, 0.1) is 15.2 Å². The number of nitrogen functional groups attached to an aromatic ring is 1. The van der Waals surface area contributed by atoms with Gasteiger partial charge >= 0.3 is 0 Å². The fourth-order valence-electron chi connectivity index (χ4n) is 1.68. The van der Waals surface area contributed by atoms with Gasteiger partial charge < -0.3 is 5.73 Å². The van der Waals surface area contributed by atoms with Crippen molar-refractivity contribution in [3.63, 3.8) is 0 Å². The maximum atomic E-state index is 13.2. The van der Waals surface area contributed by atoms with Crippen molar-refractivity contribution in [3.05, 3.63) is 39.2 Å². The summed E-state index contributed by atoms with van der Waals surface area (Å²) in [5.74, 6) is 0.351. The van der Waals surface area contributed by atoms with Crippen molar-refractivity contribution in [2.24, 2.45) is 0 Å². The van der Waals surface area contributed by atoms with E-state index < -0.39 is 5.82 Å². The lowest BCUT2D eigenvalue weighted by atomic mass is 10.2. The lowest BCUT2D eigenvalue weighted by molar-refractivity contribution is 0.628. The van der Waals surface area contributed by atoms with Crippen molar-refractivity contribution in [1.29, 1.82) is 0 Å². The Bertz CT molecular complexity index is 619. The highest BCUT2D eigenvalue weighted by Gasteiger charge is 2.12. The predicted molar refractivity (Wildman–Crippen MR) is 78.5 cm³/mol. The van der Waals surface area contributed by atoms with Crippen LogP contribution in [0.3, 0.4) is 0 Å². The van der Waals surface area contributed by atoms with E-state index in [9.17, 15) is 4.39 Å². The molecule has 2 aromatic rings. The summed E-state index contributed by atoms with van der Waals surface area (Å²) in [6.07, 6.45) is 1.73. The highest BCUT2D eigenvalue weighted by atomic mass is 79.9. The molecule has 1 aromatic carbocycles. The van der Waals surface area contributed by atoms with Crippen LogP contribution >= 0.6 is 27.5 Å². The molecule has 1 heterocycles. The average molecular weight is 345 g/mol. The topological polar surface area (TPSA) is 51.8 Å². The van der Waals surface area contributed by atoms with E-state index >= 15 is 0 Å². The summed E-state index contributed by atoms with van der Waals surface area (Å²) in [5, 5.41) is 0.0413. The molecule has 3 nitrogen and oxygen atoms in total. The van der Waals surface area contributed by atoms with E-state index in [2.05, 4.69) is 32.8 Å². The van der Waals surface area contributed by atoms with Crippen molar-refractivity contribution >= 4 is 33.3 Å². The molecule has 6 heteroatoms. The Kier molecular flexibility index (Phi) is 4.37. The summed E-state index contributed by atoms with van der Waals surface area (Å²) < 4.78 is 13.9. The summed E-state index contributed by atoms with van der Waals surface area (Å²) >= 11 is 9.14. The van der Waals surface area contributed by atoms with Gasteiger partial charge in [0.1, 0.15) is 11.6 Å². The quantitative estimate of drug-likeness (QED) is 0.906. The molecule has 0 aliphatic rings. The monoisotopic (exact) mass is 343 g/mol. The molecule has 0 spiro atoms. The highest BCUT2D eigenvalue weighted by Crippen LogP contribution is 2.28. The molecule has 0 saturated carbocycles. The average Bonchev–Trinajstić information content (AvgIpc) is 2.38. The van der Waals surface area contributed by atoms with Crippen LogP contribution in [-0.2, 0) is 6.42 Å². The van der Waals surface area contributed by atoms with Crippen molar-refractivity contribution in [2.45, 2.75) is 19.8 Å². The van der Waals surface area contributed by atoms with Crippen LogP contribution in [0.2, 0.25) is 5.02 Å². The minimum atomic E-state index is -0.468. The first-order chi connectivity index (χ1) is 9.02. The minimum absolute atomic E-state index is 0.0413. The second-order valence-electron chi connectivity index (χ2n) is 4.07. The largest absolute Gasteiger partial charge is 0.383 e. The Balaban J connectivity index is 2.52. The van der Waals surface area contributed by atoms with Crippen LogP contribution in [0.25, 0.3) is 11.4 Å². The number of benzene rings is 1. The molecule has 2 N–H and O–H groups in total. The van der Waals surface area contributed by atoms with Crippen molar-refractivity contribution in [1.82, 2.24) is 9.97 Å². The summed E-state index contributed by atoms with van der Waals surface area (Å²) in [5.41, 5.74) is 7.33. The summed E-state index contributed by atoms with van der Waals surface area (Å²) in [6, 6.07) is 4.37. The van der Waals surface area contributed by atoms with E-state index in [1.54, 1.807) is 6.07 Å². The van der Waals surface area contributed by atoms with Crippen molar-refractivity contribution in [2.75, 3.05) is 5.73 Å². The van der Waals surface area contributed by atoms with E-state index in [1.165, 1.54) is 12.1 Å². The van der Waals surface area contributed by atoms with Gasteiger partial charge in [-0.05, 0) is 40.5 Å². The number of nitrogens with zero attached hydrogens (tertiary/aromatic N) is 2. The zero-order valence-electron chi connectivity index (χ0n) is 10.3. The number of rotatable bonds is 3. The molecule has 0 fully saturated rings.